The number of Topliss-reactive ketones (excluding diaryl/α,β-unsaturated/α-hetero) is 1. The fourth-order valence-electron chi connectivity index (χ4n) is 1.18. The van der Waals surface area contributed by atoms with E-state index in [0.29, 0.717) is 12.3 Å². The first-order valence-electron chi connectivity index (χ1n) is 4.59. The van der Waals surface area contributed by atoms with Crippen molar-refractivity contribution < 1.29 is 4.79 Å². The standard InChI is InChI=1S/C12H13ClO/c1-2-10-5-7-11(8-6-10)12(14)4-3-9-13/h2,5-8H,1,3-4,9H2. The van der Waals surface area contributed by atoms with Crippen LogP contribution in [0.25, 0.3) is 6.08 Å². The predicted molar refractivity (Wildman–Crippen MR) is 60.8 cm³/mol. The number of hydrogen-bond acceptors (Lipinski definition) is 1. The summed E-state index contributed by atoms with van der Waals surface area (Å²) in [6, 6.07) is 7.43. The van der Waals surface area contributed by atoms with E-state index < -0.39 is 0 Å². The molecule has 0 atom stereocenters. The largest absolute Gasteiger partial charge is 0.294 e. The number of rotatable bonds is 5. The van der Waals surface area contributed by atoms with E-state index in [1.54, 1.807) is 6.08 Å². The second-order valence-corrected chi connectivity index (χ2v) is 3.42. The number of benzene rings is 1. The van der Waals surface area contributed by atoms with Gasteiger partial charge in [0, 0.05) is 17.9 Å². The topological polar surface area (TPSA) is 17.1 Å². The number of hydrogen-bond donors (Lipinski definition) is 0. The van der Waals surface area contributed by atoms with Gasteiger partial charge in [-0.05, 0) is 12.0 Å². The van der Waals surface area contributed by atoms with Crippen LogP contribution in [0.4, 0.5) is 0 Å². The van der Waals surface area contributed by atoms with Crippen LogP contribution in [0.5, 0.6) is 0 Å². The van der Waals surface area contributed by atoms with Crippen molar-refractivity contribution in [3.05, 3.63) is 42.0 Å². The quantitative estimate of drug-likeness (QED) is 0.535. The SMILES string of the molecule is C=Cc1ccc(C(=O)CCCCl)cc1. The predicted octanol–water partition coefficient (Wildman–Crippen LogP) is 3.53. The molecule has 1 rings (SSSR count). The van der Waals surface area contributed by atoms with Crippen molar-refractivity contribution >= 4 is 23.5 Å². The Morgan fingerprint density at radius 2 is 2.00 bits per heavy atom. The summed E-state index contributed by atoms with van der Waals surface area (Å²) in [5.41, 5.74) is 1.78. The molecular weight excluding hydrogens is 196 g/mol. The Kier molecular flexibility index (Phi) is 4.41. The van der Waals surface area contributed by atoms with Crippen LogP contribution in [0.3, 0.4) is 0 Å². The summed E-state index contributed by atoms with van der Waals surface area (Å²) < 4.78 is 0. The van der Waals surface area contributed by atoms with E-state index in [-0.39, 0.29) is 5.78 Å². The molecule has 0 fully saturated rings. The first-order valence-corrected chi connectivity index (χ1v) is 5.13. The van der Waals surface area contributed by atoms with Crippen molar-refractivity contribution in [3.8, 4) is 0 Å². The average molecular weight is 209 g/mol. The zero-order valence-corrected chi connectivity index (χ0v) is 8.76. The van der Waals surface area contributed by atoms with Gasteiger partial charge >= 0.3 is 0 Å². The molecular formula is C12H13ClO. The summed E-state index contributed by atoms with van der Waals surface area (Å²) in [6.45, 7) is 3.65. The van der Waals surface area contributed by atoms with Gasteiger partial charge in [0.15, 0.2) is 5.78 Å². The molecule has 14 heavy (non-hydrogen) atoms. The van der Waals surface area contributed by atoms with Gasteiger partial charge in [-0.15, -0.1) is 11.6 Å². The maximum Gasteiger partial charge on any atom is 0.162 e. The number of carbonyl (C=O) groups is 1. The molecule has 1 aromatic carbocycles. The molecule has 0 aliphatic heterocycles. The third kappa shape index (κ3) is 3.00. The number of ketones is 1. The molecule has 0 amide bonds. The summed E-state index contributed by atoms with van der Waals surface area (Å²) in [4.78, 5) is 11.5. The Bertz CT molecular complexity index is 314. The van der Waals surface area contributed by atoms with E-state index in [1.807, 2.05) is 24.3 Å². The zero-order chi connectivity index (χ0) is 10.4. The van der Waals surface area contributed by atoms with Crippen molar-refractivity contribution in [1.29, 1.82) is 0 Å². The molecule has 0 unspecified atom stereocenters. The highest BCUT2D eigenvalue weighted by Crippen LogP contribution is 2.09. The summed E-state index contributed by atoms with van der Waals surface area (Å²) in [5, 5.41) is 0. The van der Waals surface area contributed by atoms with Gasteiger partial charge in [0.2, 0.25) is 0 Å². The van der Waals surface area contributed by atoms with Crippen LogP contribution < -0.4 is 0 Å². The van der Waals surface area contributed by atoms with Crippen LogP contribution in [0, 0.1) is 0 Å². The van der Waals surface area contributed by atoms with Gasteiger partial charge < -0.3 is 0 Å². The minimum Gasteiger partial charge on any atom is -0.294 e. The van der Waals surface area contributed by atoms with E-state index in [4.69, 9.17) is 11.6 Å². The molecule has 0 bridgehead atoms. The zero-order valence-electron chi connectivity index (χ0n) is 8.00. The van der Waals surface area contributed by atoms with Crippen molar-refractivity contribution in [2.45, 2.75) is 12.8 Å². The maximum absolute atomic E-state index is 11.5. The van der Waals surface area contributed by atoms with Gasteiger partial charge in [0.25, 0.3) is 0 Å². The highest BCUT2D eigenvalue weighted by Gasteiger charge is 2.03. The Labute approximate surface area is 89.4 Å². The summed E-state index contributed by atoms with van der Waals surface area (Å²) in [6.07, 6.45) is 3.02. The van der Waals surface area contributed by atoms with Crippen LogP contribution in [0.15, 0.2) is 30.8 Å². The van der Waals surface area contributed by atoms with Crippen LogP contribution in [-0.2, 0) is 0 Å². The Hall–Kier alpha value is -1.08. The molecule has 0 radical (unpaired) electrons. The maximum atomic E-state index is 11.5. The van der Waals surface area contributed by atoms with Crippen LogP contribution in [0.1, 0.15) is 28.8 Å². The van der Waals surface area contributed by atoms with E-state index in [0.717, 1.165) is 17.5 Å². The van der Waals surface area contributed by atoms with Crippen molar-refractivity contribution in [1.82, 2.24) is 0 Å². The van der Waals surface area contributed by atoms with Crippen LogP contribution in [-0.4, -0.2) is 11.7 Å². The van der Waals surface area contributed by atoms with E-state index in [2.05, 4.69) is 6.58 Å². The monoisotopic (exact) mass is 208 g/mol. The molecule has 0 aliphatic carbocycles. The Morgan fingerprint density at radius 3 is 2.50 bits per heavy atom. The molecule has 0 heterocycles. The second kappa shape index (κ2) is 5.61. The highest BCUT2D eigenvalue weighted by atomic mass is 35.5. The first-order chi connectivity index (χ1) is 6.77. The number of halogens is 1. The van der Waals surface area contributed by atoms with Crippen LogP contribution in [0.2, 0.25) is 0 Å². The summed E-state index contributed by atoms with van der Waals surface area (Å²) >= 11 is 5.52. The number of carbonyl (C=O) groups excluding carboxylic acids is 1. The highest BCUT2D eigenvalue weighted by molar-refractivity contribution is 6.18. The molecule has 1 aromatic rings. The fourth-order valence-corrected chi connectivity index (χ4v) is 1.31. The molecule has 74 valence electrons. The molecule has 0 aliphatic rings. The number of alkyl halides is 1. The van der Waals surface area contributed by atoms with Gasteiger partial charge in [-0.2, -0.15) is 0 Å². The average Bonchev–Trinajstić information content (AvgIpc) is 2.26. The summed E-state index contributed by atoms with van der Waals surface area (Å²) in [7, 11) is 0. The second-order valence-electron chi connectivity index (χ2n) is 3.04. The third-order valence-corrected chi connectivity index (χ3v) is 2.27. The van der Waals surface area contributed by atoms with Gasteiger partial charge in [-0.25, -0.2) is 0 Å². The Morgan fingerprint density at radius 1 is 1.36 bits per heavy atom. The third-order valence-electron chi connectivity index (χ3n) is 2.01. The van der Waals surface area contributed by atoms with Crippen molar-refractivity contribution in [2.75, 3.05) is 5.88 Å². The molecule has 1 nitrogen and oxygen atoms in total. The van der Waals surface area contributed by atoms with Crippen molar-refractivity contribution in [3.63, 3.8) is 0 Å². The molecule has 0 spiro atoms. The van der Waals surface area contributed by atoms with E-state index in [9.17, 15) is 4.79 Å². The lowest BCUT2D eigenvalue weighted by atomic mass is 10.1. The van der Waals surface area contributed by atoms with E-state index >= 15 is 0 Å². The minimum atomic E-state index is 0.154. The lowest BCUT2D eigenvalue weighted by Gasteiger charge is -1.99. The van der Waals surface area contributed by atoms with E-state index in [1.165, 1.54) is 0 Å². The molecule has 0 saturated carbocycles. The van der Waals surface area contributed by atoms with Gasteiger partial charge in [0.1, 0.15) is 0 Å². The summed E-state index contributed by atoms with van der Waals surface area (Å²) in [5.74, 6) is 0.692. The lowest BCUT2D eigenvalue weighted by Crippen LogP contribution is -1.98. The minimum absolute atomic E-state index is 0.154. The Balaban J connectivity index is 2.66. The van der Waals surface area contributed by atoms with Crippen molar-refractivity contribution in [2.24, 2.45) is 0 Å². The van der Waals surface area contributed by atoms with Gasteiger partial charge in [-0.1, -0.05) is 36.9 Å². The van der Waals surface area contributed by atoms with Crippen LogP contribution >= 0.6 is 11.6 Å². The smallest absolute Gasteiger partial charge is 0.162 e. The molecule has 0 N–H and O–H groups in total. The molecule has 0 aromatic heterocycles. The first kappa shape index (κ1) is 11.0. The molecule has 2 heteroatoms. The lowest BCUT2D eigenvalue weighted by molar-refractivity contribution is 0.0982. The van der Waals surface area contributed by atoms with Gasteiger partial charge in [-0.3, -0.25) is 4.79 Å². The van der Waals surface area contributed by atoms with Gasteiger partial charge in [0.05, 0.1) is 0 Å². The fraction of sp³-hybridized carbons (Fsp3) is 0.250. The normalized spacial score (nSPS) is 9.79. The molecule has 0 saturated heterocycles.